The number of rotatable bonds is 12. The van der Waals surface area contributed by atoms with E-state index in [0.717, 1.165) is 19.4 Å². The van der Waals surface area contributed by atoms with Crippen LogP contribution in [-0.2, 0) is 9.53 Å². The Morgan fingerprint density at radius 1 is 0.944 bits per heavy atom. The molecule has 0 amide bonds. The molecule has 0 N–H and O–H groups in total. The molecule has 3 heteroatoms. The third-order valence-electron chi connectivity index (χ3n) is 3.00. The van der Waals surface area contributed by atoms with Gasteiger partial charge < -0.3 is 9.64 Å². The van der Waals surface area contributed by atoms with E-state index in [4.69, 9.17) is 4.74 Å². The summed E-state index contributed by atoms with van der Waals surface area (Å²) in [7, 11) is 4.04. The molecule has 0 saturated carbocycles. The number of carbonyl (C=O) groups excluding carboxylic acids is 1. The normalized spacial score (nSPS) is 10.9. The average molecular weight is 257 g/mol. The Kier molecular flexibility index (Phi) is 12.5. The molecule has 18 heavy (non-hydrogen) atoms. The highest BCUT2D eigenvalue weighted by molar-refractivity contribution is 5.69. The second-order valence-electron chi connectivity index (χ2n) is 5.25. The molecule has 0 aromatic carbocycles. The van der Waals surface area contributed by atoms with Gasteiger partial charge in [0.05, 0.1) is 6.61 Å². The first-order chi connectivity index (χ1) is 8.66. The van der Waals surface area contributed by atoms with Crippen molar-refractivity contribution in [3.05, 3.63) is 0 Å². The molecule has 0 atom stereocenters. The maximum atomic E-state index is 11.4. The first kappa shape index (κ1) is 17.4. The van der Waals surface area contributed by atoms with Crippen molar-refractivity contribution < 1.29 is 9.53 Å². The highest BCUT2D eigenvalue weighted by Crippen LogP contribution is 2.07. The van der Waals surface area contributed by atoms with Crippen molar-refractivity contribution >= 4 is 5.97 Å². The summed E-state index contributed by atoms with van der Waals surface area (Å²) < 4.78 is 5.19. The summed E-state index contributed by atoms with van der Waals surface area (Å²) in [6.45, 7) is 3.79. The third kappa shape index (κ3) is 13.5. The Bertz CT molecular complexity index is 193. The van der Waals surface area contributed by atoms with Gasteiger partial charge >= 0.3 is 5.97 Å². The van der Waals surface area contributed by atoms with E-state index in [1.807, 2.05) is 14.1 Å². The molecular weight excluding hydrogens is 226 g/mol. The van der Waals surface area contributed by atoms with E-state index < -0.39 is 0 Å². The van der Waals surface area contributed by atoms with Crippen LogP contribution in [0.1, 0.15) is 64.7 Å². The van der Waals surface area contributed by atoms with Gasteiger partial charge in [-0.1, -0.05) is 45.4 Å². The van der Waals surface area contributed by atoms with Gasteiger partial charge in [0.1, 0.15) is 0 Å². The summed E-state index contributed by atoms with van der Waals surface area (Å²) in [5, 5.41) is 0. The third-order valence-corrected chi connectivity index (χ3v) is 3.00. The second-order valence-corrected chi connectivity index (χ2v) is 5.25. The molecule has 0 spiro atoms. The minimum Gasteiger partial charge on any atom is -0.466 e. The first-order valence-corrected chi connectivity index (χ1v) is 7.47. The minimum absolute atomic E-state index is 0.0390. The highest BCUT2D eigenvalue weighted by Gasteiger charge is 2.02. The van der Waals surface area contributed by atoms with E-state index in [9.17, 15) is 4.79 Å². The fourth-order valence-corrected chi connectivity index (χ4v) is 1.86. The Balaban J connectivity index is 3.15. The molecule has 0 bridgehead atoms. The molecular formula is C15H31NO2. The fraction of sp³-hybridized carbons (Fsp3) is 0.933. The van der Waals surface area contributed by atoms with Gasteiger partial charge in [-0.05, 0) is 33.5 Å². The van der Waals surface area contributed by atoms with E-state index in [2.05, 4.69) is 11.8 Å². The molecule has 0 unspecified atom stereocenters. The molecule has 0 heterocycles. The summed E-state index contributed by atoms with van der Waals surface area (Å²) in [6, 6.07) is 0. The lowest BCUT2D eigenvalue weighted by Gasteiger charge is -2.08. The minimum atomic E-state index is -0.0390. The van der Waals surface area contributed by atoms with Crippen molar-refractivity contribution in [3.63, 3.8) is 0 Å². The molecule has 3 nitrogen and oxygen atoms in total. The van der Waals surface area contributed by atoms with Crippen LogP contribution in [-0.4, -0.2) is 38.1 Å². The van der Waals surface area contributed by atoms with Gasteiger partial charge in [-0.2, -0.15) is 0 Å². The number of unbranched alkanes of at least 4 members (excludes halogenated alkanes) is 6. The highest BCUT2D eigenvalue weighted by atomic mass is 16.5. The zero-order valence-electron chi connectivity index (χ0n) is 12.5. The molecule has 0 aromatic heterocycles. The molecule has 0 aliphatic carbocycles. The Morgan fingerprint density at radius 2 is 1.56 bits per heavy atom. The molecule has 0 aliphatic rings. The van der Waals surface area contributed by atoms with Crippen LogP contribution in [0.5, 0.6) is 0 Å². The number of esters is 1. The maximum Gasteiger partial charge on any atom is 0.305 e. The smallest absolute Gasteiger partial charge is 0.305 e. The van der Waals surface area contributed by atoms with Crippen LogP contribution in [0.2, 0.25) is 0 Å². The lowest BCUT2D eigenvalue weighted by atomic mass is 10.1. The number of hydrogen-bond acceptors (Lipinski definition) is 3. The van der Waals surface area contributed by atoms with Gasteiger partial charge in [0.2, 0.25) is 0 Å². The van der Waals surface area contributed by atoms with E-state index in [1.54, 1.807) is 0 Å². The lowest BCUT2D eigenvalue weighted by molar-refractivity contribution is -0.143. The average Bonchev–Trinajstić information content (AvgIpc) is 2.32. The summed E-state index contributed by atoms with van der Waals surface area (Å²) in [4.78, 5) is 13.4. The number of nitrogens with zero attached hydrogens (tertiary/aromatic N) is 1. The Morgan fingerprint density at radius 3 is 2.17 bits per heavy atom. The van der Waals surface area contributed by atoms with E-state index in [0.29, 0.717) is 13.0 Å². The molecule has 0 aliphatic heterocycles. The zero-order valence-corrected chi connectivity index (χ0v) is 12.5. The van der Waals surface area contributed by atoms with E-state index >= 15 is 0 Å². The van der Waals surface area contributed by atoms with Crippen LogP contribution in [0, 0.1) is 0 Å². The fourth-order valence-electron chi connectivity index (χ4n) is 1.86. The van der Waals surface area contributed by atoms with Gasteiger partial charge in [0.25, 0.3) is 0 Å². The molecule has 0 rings (SSSR count). The van der Waals surface area contributed by atoms with Crippen LogP contribution in [0.3, 0.4) is 0 Å². The topological polar surface area (TPSA) is 29.5 Å². The Labute approximate surface area is 113 Å². The first-order valence-electron chi connectivity index (χ1n) is 7.47. The van der Waals surface area contributed by atoms with Gasteiger partial charge in [-0.25, -0.2) is 0 Å². The van der Waals surface area contributed by atoms with Crippen LogP contribution in [0.25, 0.3) is 0 Å². The van der Waals surface area contributed by atoms with Crippen LogP contribution < -0.4 is 0 Å². The number of hydrogen-bond donors (Lipinski definition) is 0. The zero-order chi connectivity index (χ0) is 13.6. The quantitative estimate of drug-likeness (QED) is 0.395. The Hall–Kier alpha value is -0.570. The largest absolute Gasteiger partial charge is 0.466 e. The summed E-state index contributed by atoms with van der Waals surface area (Å²) in [6.07, 6.45) is 10.2. The molecule has 108 valence electrons. The monoisotopic (exact) mass is 257 g/mol. The van der Waals surface area contributed by atoms with Gasteiger partial charge in [0, 0.05) is 6.42 Å². The molecule has 0 fully saturated rings. The second kappa shape index (κ2) is 12.9. The van der Waals surface area contributed by atoms with Crippen molar-refractivity contribution in [2.24, 2.45) is 0 Å². The predicted octanol–water partition coefficient (Wildman–Crippen LogP) is 3.62. The van der Waals surface area contributed by atoms with Gasteiger partial charge in [-0.3, -0.25) is 4.79 Å². The standard InChI is InChI=1S/C15H31NO2/c1-4-5-6-7-8-9-10-14-18-15(17)12-11-13-16(2)3/h4-14H2,1-3H3. The van der Waals surface area contributed by atoms with Crippen LogP contribution in [0.15, 0.2) is 0 Å². The van der Waals surface area contributed by atoms with Crippen molar-refractivity contribution in [2.75, 3.05) is 27.2 Å². The van der Waals surface area contributed by atoms with Gasteiger partial charge in [0.15, 0.2) is 0 Å². The van der Waals surface area contributed by atoms with Crippen LogP contribution >= 0.6 is 0 Å². The van der Waals surface area contributed by atoms with Crippen molar-refractivity contribution in [1.29, 1.82) is 0 Å². The predicted molar refractivity (Wildman–Crippen MR) is 76.7 cm³/mol. The lowest BCUT2D eigenvalue weighted by Crippen LogP contribution is -2.15. The number of ether oxygens (including phenoxy) is 1. The summed E-state index contributed by atoms with van der Waals surface area (Å²) >= 11 is 0. The van der Waals surface area contributed by atoms with E-state index in [-0.39, 0.29) is 5.97 Å². The summed E-state index contributed by atoms with van der Waals surface area (Å²) in [5.74, 6) is -0.0390. The molecule has 0 saturated heterocycles. The van der Waals surface area contributed by atoms with E-state index in [1.165, 1.54) is 38.5 Å². The SMILES string of the molecule is CCCCCCCCCOC(=O)CCCN(C)C. The summed E-state index contributed by atoms with van der Waals surface area (Å²) in [5.41, 5.74) is 0. The number of carbonyl (C=O) groups is 1. The maximum absolute atomic E-state index is 11.4. The van der Waals surface area contributed by atoms with Crippen molar-refractivity contribution in [3.8, 4) is 0 Å². The van der Waals surface area contributed by atoms with Crippen molar-refractivity contribution in [2.45, 2.75) is 64.7 Å². The molecule has 0 aromatic rings. The van der Waals surface area contributed by atoms with Crippen LogP contribution in [0.4, 0.5) is 0 Å². The van der Waals surface area contributed by atoms with Crippen molar-refractivity contribution in [1.82, 2.24) is 4.90 Å². The van der Waals surface area contributed by atoms with Gasteiger partial charge in [-0.15, -0.1) is 0 Å². The molecule has 0 radical (unpaired) electrons.